The van der Waals surface area contributed by atoms with Crippen molar-refractivity contribution in [3.8, 4) is 0 Å². The van der Waals surface area contributed by atoms with Gasteiger partial charge in [-0.25, -0.2) is 4.98 Å². The quantitative estimate of drug-likeness (QED) is 0.778. The highest BCUT2D eigenvalue weighted by Crippen LogP contribution is 2.09. The summed E-state index contributed by atoms with van der Waals surface area (Å²) in [6.45, 7) is 3.84. The topological polar surface area (TPSA) is 63.5 Å². The van der Waals surface area contributed by atoms with Gasteiger partial charge in [-0.3, -0.25) is 14.4 Å². The summed E-state index contributed by atoms with van der Waals surface area (Å²) in [5, 5.41) is 4.10. The maximum atomic E-state index is 12.5. The van der Waals surface area contributed by atoms with E-state index in [2.05, 4.69) is 15.0 Å². The number of benzene rings is 1. The van der Waals surface area contributed by atoms with E-state index in [0.29, 0.717) is 26.2 Å². The standard InChI is InChI=1S/C17H23N5O2/c1-20(9-15-5-3-2-4-6-15)17(23)12-21-7-8-24-16(10-21)11-22-14-18-13-19-22/h2-6,13-14,16H,7-12H2,1H3. The SMILES string of the molecule is CN(Cc1ccccc1)C(=O)CN1CCOC(Cn2cncn2)C1. The lowest BCUT2D eigenvalue weighted by molar-refractivity contribution is -0.133. The van der Waals surface area contributed by atoms with Crippen LogP contribution in [0.1, 0.15) is 5.56 Å². The molecule has 7 nitrogen and oxygen atoms in total. The predicted octanol–water partition coefficient (Wildman–Crippen LogP) is 0.637. The van der Waals surface area contributed by atoms with Crippen LogP contribution in [-0.4, -0.2) is 69.9 Å². The number of nitrogens with zero attached hydrogens (tertiary/aromatic N) is 5. The van der Waals surface area contributed by atoms with Crippen LogP contribution in [-0.2, 0) is 22.6 Å². The largest absolute Gasteiger partial charge is 0.374 e. The fraction of sp³-hybridized carbons (Fsp3) is 0.471. The van der Waals surface area contributed by atoms with E-state index in [0.717, 1.165) is 18.7 Å². The zero-order valence-corrected chi connectivity index (χ0v) is 13.9. The zero-order valence-electron chi connectivity index (χ0n) is 13.9. The average molecular weight is 329 g/mol. The van der Waals surface area contributed by atoms with Crippen LogP contribution < -0.4 is 0 Å². The lowest BCUT2D eigenvalue weighted by Gasteiger charge is -2.33. The van der Waals surface area contributed by atoms with E-state index in [1.54, 1.807) is 15.9 Å². The number of rotatable bonds is 6. The smallest absolute Gasteiger partial charge is 0.236 e. The molecule has 2 heterocycles. The molecule has 1 fully saturated rings. The molecule has 0 saturated carbocycles. The minimum absolute atomic E-state index is 0.0349. The van der Waals surface area contributed by atoms with Gasteiger partial charge in [0.2, 0.25) is 5.91 Å². The van der Waals surface area contributed by atoms with Gasteiger partial charge >= 0.3 is 0 Å². The Balaban J connectivity index is 1.48. The first kappa shape index (κ1) is 16.6. The number of morpholine rings is 1. The third-order valence-electron chi connectivity index (χ3n) is 4.13. The number of hydrogen-bond acceptors (Lipinski definition) is 5. The van der Waals surface area contributed by atoms with Gasteiger partial charge in [-0.05, 0) is 5.56 Å². The van der Waals surface area contributed by atoms with E-state index in [9.17, 15) is 4.79 Å². The summed E-state index contributed by atoms with van der Waals surface area (Å²) in [6, 6.07) is 10.0. The van der Waals surface area contributed by atoms with Crippen molar-refractivity contribution in [2.75, 3.05) is 33.3 Å². The van der Waals surface area contributed by atoms with Crippen molar-refractivity contribution in [1.29, 1.82) is 0 Å². The fourth-order valence-electron chi connectivity index (χ4n) is 2.83. The lowest BCUT2D eigenvalue weighted by atomic mass is 10.2. The number of amides is 1. The van der Waals surface area contributed by atoms with Gasteiger partial charge < -0.3 is 9.64 Å². The molecule has 1 aliphatic rings. The van der Waals surface area contributed by atoms with Crippen LogP contribution in [0.5, 0.6) is 0 Å². The molecule has 0 radical (unpaired) electrons. The Kier molecular flexibility index (Phi) is 5.55. The average Bonchev–Trinajstić information content (AvgIpc) is 3.09. The molecule has 1 saturated heterocycles. The van der Waals surface area contributed by atoms with Crippen LogP contribution in [0, 0.1) is 0 Å². The molecule has 2 aromatic rings. The van der Waals surface area contributed by atoms with Crippen molar-refractivity contribution in [3.63, 3.8) is 0 Å². The van der Waals surface area contributed by atoms with E-state index in [4.69, 9.17) is 4.74 Å². The van der Waals surface area contributed by atoms with E-state index in [1.165, 1.54) is 6.33 Å². The minimum atomic E-state index is 0.0349. The number of carbonyl (C=O) groups is 1. The monoisotopic (exact) mass is 329 g/mol. The predicted molar refractivity (Wildman–Crippen MR) is 89.1 cm³/mol. The molecule has 3 rings (SSSR count). The molecular formula is C17H23N5O2. The number of hydrogen-bond donors (Lipinski definition) is 0. The Hall–Kier alpha value is -2.25. The molecule has 1 aromatic carbocycles. The van der Waals surface area contributed by atoms with E-state index >= 15 is 0 Å². The van der Waals surface area contributed by atoms with Gasteiger partial charge in [-0.1, -0.05) is 30.3 Å². The number of aromatic nitrogens is 3. The van der Waals surface area contributed by atoms with Gasteiger partial charge in [0.05, 0.1) is 25.8 Å². The Morgan fingerprint density at radius 2 is 2.21 bits per heavy atom. The molecule has 1 aliphatic heterocycles. The number of likely N-dealkylation sites (N-methyl/N-ethyl adjacent to an activating group) is 1. The second kappa shape index (κ2) is 8.03. The summed E-state index contributed by atoms with van der Waals surface area (Å²) >= 11 is 0. The maximum Gasteiger partial charge on any atom is 0.236 e. The molecule has 128 valence electrons. The van der Waals surface area contributed by atoms with Crippen molar-refractivity contribution in [2.45, 2.75) is 19.2 Å². The van der Waals surface area contributed by atoms with Crippen LogP contribution in [0.2, 0.25) is 0 Å². The van der Waals surface area contributed by atoms with Gasteiger partial charge in [0.15, 0.2) is 0 Å². The van der Waals surface area contributed by atoms with Crippen LogP contribution in [0.25, 0.3) is 0 Å². The number of carbonyl (C=O) groups excluding carboxylic acids is 1. The molecule has 0 bridgehead atoms. The van der Waals surface area contributed by atoms with Gasteiger partial charge in [0.1, 0.15) is 12.7 Å². The zero-order chi connectivity index (χ0) is 16.8. The molecule has 1 amide bonds. The Labute approximate surface area is 141 Å². The van der Waals surface area contributed by atoms with Gasteiger partial charge in [-0.2, -0.15) is 5.10 Å². The summed E-state index contributed by atoms with van der Waals surface area (Å²) in [5.74, 6) is 0.125. The second-order valence-corrected chi connectivity index (χ2v) is 6.08. The van der Waals surface area contributed by atoms with Crippen molar-refractivity contribution in [3.05, 3.63) is 48.5 Å². The molecule has 1 aromatic heterocycles. The molecular weight excluding hydrogens is 306 g/mol. The van der Waals surface area contributed by atoms with Crippen LogP contribution >= 0.6 is 0 Å². The first-order valence-electron chi connectivity index (χ1n) is 8.15. The van der Waals surface area contributed by atoms with Gasteiger partial charge in [-0.15, -0.1) is 0 Å². The first-order chi connectivity index (χ1) is 11.7. The molecule has 1 unspecified atom stereocenters. The van der Waals surface area contributed by atoms with Crippen LogP contribution in [0.15, 0.2) is 43.0 Å². The highest BCUT2D eigenvalue weighted by Gasteiger charge is 2.23. The van der Waals surface area contributed by atoms with Crippen molar-refractivity contribution < 1.29 is 9.53 Å². The summed E-state index contributed by atoms with van der Waals surface area (Å²) in [7, 11) is 1.85. The van der Waals surface area contributed by atoms with Crippen molar-refractivity contribution in [2.24, 2.45) is 0 Å². The second-order valence-electron chi connectivity index (χ2n) is 6.08. The van der Waals surface area contributed by atoms with E-state index in [1.807, 2.05) is 37.4 Å². The Morgan fingerprint density at radius 1 is 1.38 bits per heavy atom. The molecule has 24 heavy (non-hydrogen) atoms. The fourth-order valence-corrected chi connectivity index (χ4v) is 2.83. The summed E-state index contributed by atoms with van der Waals surface area (Å²) in [6.07, 6.45) is 3.23. The third kappa shape index (κ3) is 4.62. The Bertz CT molecular complexity index is 632. The van der Waals surface area contributed by atoms with Crippen LogP contribution in [0.3, 0.4) is 0 Å². The summed E-state index contributed by atoms with van der Waals surface area (Å²) in [4.78, 5) is 20.3. The van der Waals surface area contributed by atoms with Crippen molar-refractivity contribution in [1.82, 2.24) is 24.6 Å². The molecule has 0 spiro atoms. The van der Waals surface area contributed by atoms with Gasteiger partial charge in [0.25, 0.3) is 0 Å². The number of ether oxygens (including phenoxy) is 1. The van der Waals surface area contributed by atoms with E-state index in [-0.39, 0.29) is 12.0 Å². The van der Waals surface area contributed by atoms with Crippen molar-refractivity contribution >= 4 is 5.91 Å². The molecule has 7 heteroatoms. The molecule has 1 atom stereocenters. The summed E-state index contributed by atoms with van der Waals surface area (Å²) in [5.41, 5.74) is 1.14. The molecule has 0 N–H and O–H groups in total. The highest BCUT2D eigenvalue weighted by atomic mass is 16.5. The highest BCUT2D eigenvalue weighted by molar-refractivity contribution is 5.78. The van der Waals surface area contributed by atoms with Crippen LogP contribution in [0.4, 0.5) is 0 Å². The first-order valence-corrected chi connectivity index (χ1v) is 8.15. The lowest BCUT2D eigenvalue weighted by Crippen LogP contribution is -2.48. The van der Waals surface area contributed by atoms with Gasteiger partial charge in [0, 0.05) is 26.7 Å². The summed E-state index contributed by atoms with van der Waals surface area (Å²) < 4.78 is 7.53. The molecule has 0 aliphatic carbocycles. The maximum absolute atomic E-state index is 12.5. The minimum Gasteiger partial charge on any atom is -0.374 e. The van der Waals surface area contributed by atoms with E-state index < -0.39 is 0 Å². The Morgan fingerprint density at radius 3 is 2.96 bits per heavy atom. The normalized spacial score (nSPS) is 18.5. The third-order valence-corrected chi connectivity index (χ3v) is 4.13.